The minimum absolute atomic E-state index is 0.000332. The van der Waals surface area contributed by atoms with Gasteiger partial charge in [0.15, 0.2) is 0 Å². The van der Waals surface area contributed by atoms with Crippen molar-refractivity contribution in [2.75, 3.05) is 6.54 Å². The first-order chi connectivity index (χ1) is 8.95. The maximum atomic E-state index is 10.8. The van der Waals surface area contributed by atoms with Crippen LogP contribution in [-0.4, -0.2) is 17.8 Å². The van der Waals surface area contributed by atoms with Gasteiger partial charge in [-0.15, -0.1) is 0 Å². The average molecular weight is 282 g/mol. The van der Waals surface area contributed by atoms with E-state index in [4.69, 9.17) is 17.3 Å². The van der Waals surface area contributed by atoms with Crippen molar-refractivity contribution >= 4 is 11.6 Å². The van der Waals surface area contributed by atoms with Crippen molar-refractivity contribution in [1.29, 1.82) is 0 Å². The molecule has 1 aromatic carbocycles. The normalized spacial score (nSPS) is 25.2. The van der Waals surface area contributed by atoms with E-state index in [0.717, 1.165) is 17.0 Å². The summed E-state index contributed by atoms with van der Waals surface area (Å²) in [4.78, 5) is 0. The fourth-order valence-electron chi connectivity index (χ4n) is 3.45. The van der Waals surface area contributed by atoms with Crippen LogP contribution in [0.25, 0.3) is 0 Å². The molecule has 3 atom stereocenters. The zero-order valence-corrected chi connectivity index (χ0v) is 12.5. The van der Waals surface area contributed by atoms with Gasteiger partial charge in [0.25, 0.3) is 0 Å². The summed E-state index contributed by atoms with van der Waals surface area (Å²) in [6.07, 6.45) is 3.11. The van der Waals surface area contributed by atoms with Crippen molar-refractivity contribution in [3.63, 3.8) is 0 Å². The lowest BCUT2D eigenvalue weighted by Crippen LogP contribution is -2.37. The van der Waals surface area contributed by atoms with Gasteiger partial charge in [-0.2, -0.15) is 0 Å². The van der Waals surface area contributed by atoms with E-state index in [1.807, 2.05) is 24.3 Å². The Hall–Kier alpha value is -0.570. The Labute approximate surface area is 121 Å². The number of aliphatic hydroxyl groups excluding tert-OH is 1. The Morgan fingerprint density at radius 3 is 2.47 bits per heavy atom. The van der Waals surface area contributed by atoms with Crippen molar-refractivity contribution in [1.82, 2.24) is 0 Å². The maximum Gasteiger partial charge on any atom is 0.0654 e. The van der Waals surface area contributed by atoms with E-state index in [0.29, 0.717) is 12.5 Å². The Kier molecular flexibility index (Phi) is 4.54. The smallest absolute Gasteiger partial charge is 0.0654 e. The lowest BCUT2D eigenvalue weighted by Gasteiger charge is -2.35. The fraction of sp³-hybridized carbons (Fsp3) is 0.625. The molecule has 1 aliphatic carbocycles. The summed E-state index contributed by atoms with van der Waals surface area (Å²) in [6, 6.07) is 7.69. The first-order valence-electron chi connectivity index (χ1n) is 7.09. The van der Waals surface area contributed by atoms with Gasteiger partial charge in [0, 0.05) is 17.5 Å². The van der Waals surface area contributed by atoms with Gasteiger partial charge in [0.2, 0.25) is 0 Å². The predicted molar refractivity (Wildman–Crippen MR) is 80.4 cm³/mol. The first-order valence-corrected chi connectivity index (χ1v) is 7.47. The zero-order valence-electron chi connectivity index (χ0n) is 11.8. The third kappa shape index (κ3) is 3.13. The number of nitrogens with two attached hydrogens (primary N) is 1. The minimum atomic E-state index is -0.372. The number of benzene rings is 1. The van der Waals surface area contributed by atoms with Crippen LogP contribution in [-0.2, 0) is 0 Å². The zero-order chi connectivity index (χ0) is 14.0. The monoisotopic (exact) mass is 281 g/mol. The second kappa shape index (κ2) is 5.82. The van der Waals surface area contributed by atoms with Crippen LogP contribution >= 0.6 is 11.6 Å². The van der Waals surface area contributed by atoms with Gasteiger partial charge in [0.1, 0.15) is 0 Å². The lowest BCUT2D eigenvalue weighted by atomic mass is 9.73. The van der Waals surface area contributed by atoms with E-state index >= 15 is 0 Å². The number of hydrogen-bond acceptors (Lipinski definition) is 2. The van der Waals surface area contributed by atoms with Gasteiger partial charge in [0.05, 0.1) is 6.10 Å². The van der Waals surface area contributed by atoms with Crippen LogP contribution in [0, 0.1) is 11.3 Å². The maximum absolute atomic E-state index is 10.8. The van der Waals surface area contributed by atoms with Gasteiger partial charge >= 0.3 is 0 Å². The van der Waals surface area contributed by atoms with Gasteiger partial charge in [-0.3, -0.25) is 0 Å². The molecule has 0 radical (unpaired) electrons. The molecule has 1 aromatic rings. The molecule has 3 N–H and O–H groups in total. The van der Waals surface area contributed by atoms with Crippen molar-refractivity contribution < 1.29 is 5.11 Å². The van der Waals surface area contributed by atoms with Crippen molar-refractivity contribution in [2.24, 2.45) is 17.1 Å². The summed E-state index contributed by atoms with van der Waals surface area (Å²) in [7, 11) is 0. The molecule has 0 heterocycles. The van der Waals surface area contributed by atoms with Gasteiger partial charge in [-0.05, 0) is 41.9 Å². The Balaban J connectivity index is 2.19. The summed E-state index contributed by atoms with van der Waals surface area (Å²) in [6.45, 7) is 4.97. The summed E-state index contributed by atoms with van der Waals surface area (Å²) in [5, 5.41) is 11.5. The molecule has 1 saturated carbocycles. The standard InChI is InChI=1S/C16H24ClNO/c1-16(2)9-3-4-14(16)15(19)13(10-18)11-5-7-12(17)8-6-11/h5-8,13-15,19H,3-4,9-10,18H2,1-2H3. The van der Waals surface area contributed by atoms with Crippen LogP contribution in [0.2, 0.25) is 5.02 Å². The van der Waals surface area contributed by atoms with E-state index in [9.17, 15) is 5.11 Å². The summed E-state index contributed by atoms with van der Waals surface area (Å²) in [5.41, 5.74) is 7.20. The van der Waals surface area contributed by atoms with Crippen molar-refractivity contribution in [3.05, 3.63) is 34.9 Å². The van der Waals surface area contributed by atoms with Crippen molar-refractivity contribution in [3.8, 4) is 0 Å². The molecule has 0 aromatic heterocycles. The topological polar surface area (TPSA) is 46.2 Å². The number of rotatable bonds is 4. The second-order valence-corrected chi connectivity index (χ2v) is 6.81. The molecule has 2 rings (SSSR count). The quantitative estimate of drug-likeness (QED) is 0.886. The van der Waals surface area contributed by atoms with Crippen LogP contribution in [0.4, 0.5) is 0 Å². The highest BCUT2D eigenvalue weighted by molar-refractivity contribution is 6.30. The molecule has 0 amide bonds. The van der Waals surface area contributed by atoms with Crippen LogP contribution < -0.4 is 5.73 Å². The Bertz CT molecular complexity index is 415. The molecule has 3 unspecified atom stereocenters. The Morgan fingerprint density at radius 1 is 1.37 bits per heavy atom. The summed E-state index contributed by atoms with van der Waals surface area (Å²) in [5.74, 6) is 0.330. The van der Waals surface area contributed by atoms with Gasteiger partial charge in [-0.25, -0.2) is 0 Å². The van der Waals surface area contributed by atoms with Crippen LogP contribution in [0.1, 0.15) is 44.6 Å². The molecule has 1 fully saturated rings. The van der Waals surface area contributed by atoms with E-state index in [-0.39, 0.29) is 17.4 Å². The SMILES string of the molecule is CC1(C)CCCC1C(O)C(CN)c1ccc(Cl)cc1. The molecule has 106 valence electrons. The molecule has 0 spiro atoms. The largest absolute Gasteiger partial charge is 0.392 e. The summed E-state index contributed by atoms with van der Waals surface area (Å²) < 4.78 is 0. The van der Waals surface area contributed by atoms with Gasteiger partial charge in [-0.1, -0.05) is 44.0 Å². The number of aliphatic hydroxyl groups is 1. The third-order valence-corrected chi connectivity index (χ3v) is 4.97. The van der Waals surface area contributed by atoms with E-state index < -0.39 is 0 Å². The molecule has 19 heavy (non-hydrogen) atoms. The summed E-state index contributed by atoms with van der Waals surface area (Å²) >= 11 is 5.92. The number of hydrogen-bond donors (Lipinski definition) is 2. The predicted octanol–water partition coefficient (Wildman–Crippen LogP) is 3.57. The lowest BCUT2D eigenvalue weighted by molar-refractivity contribution is 0.0346. The van der Waals surface area contributed by atoms with Crippen LogP contribution in [0.3, 0.4) is 0 Å². The minimum Gasteiger partial charge on any atom is -0.392 e. The first kappa shape index (κ1) is 14.8. The Morgan fingerprint density at radius 2 is 2.00 bits per heavy atom. The van der Waals surface area contributed by atoms with E-state index in [2.05, 4.69) is 13.8 Å². The van der Waals surface area contributed by atoms with E-state index in [1.54, 1.807) is 0 Å². The van der Waals surface area contributed by atoms with Crippen LogP contribution in [0.15, 0.2) is 24.3 Å². The average Bonchev–Trinajstić information content (AvgIpc) is 2.72. The third-order valence-electron chi connectivity index (χ3n) is 4.72. The number of halogens is 1. The molecule has 0 bridgehead atoms. The fourth-order valence-corrected chi connectivity index (χ4v) is 3.58. The second-order valence-electron chi connectivity index (χ2n) is 6.37. The molecular formula is C16H24ClNO. The molecular weight excluding hydrogens is 258 g/mol. The molecule has 3 heteroatoms. The van der Waals surface area contributed by atoms with E-state index in [1.165, 1.54) is 12.8 Å². The van der Waals surface area contributed by atoms with Crippen LogP contribution in [0.5, 0.6) is 0 Å². The molecule has 0 saturated heterocycles. The highest BCUT2D eigenvalue weighted by Gasteiger charge is 2.41. The molecule has 2 nitrogen and oxygen atoms in total. The highest BCUT2D eigenvalue weighted by atomic mass is 35.5. The highest BCUT2D eigenvalue weighted by Crippen LogP contribution is 2.46. The molecule has 0 aliphatic heterocycles. The van der Waals surface area contributed by atoms with Gasteiger partial charge < -0.3 is 10.8 Å². The van der Waals surface area contributed by atoms with Crippen molar-refractivity contribution in [2.45, 2.75) is 45.1 Å². The molecule has 1 aliphatic rings.